The largest absolute Gasteiger partial charge is 0.306 e. The van der Waals surface area contributed by atoms with Crippen LogP contribution in [0.2, 0.25) is 0 Å². The number of nitrogens with zero attached hydrogens (tertiary/aromatic N) is 1. The van der Waals surface area contributed by atoms with Gasteiger partial charge in [-0.1, -0.05) is 0 Å². The first kappa shape index (κ1) is 6.35. The van der Waals surface area contributed by atoms with Crippen LogP contribution in [0.4, 0.5) is 0 Å². The molecule has 2 bridgehead atoms. The van der Waals surface area contributed by atoms with Gasteiger partial charge in [0.2, 0.25) is 0 Å². The van der Waals surface area contributed by atoms with Crippen LogP contribution in [0.3, 0.4) is 0 Å². The topological polar surface area (TPSA) is 24.4 Å². The van der Waals surface area contributed by atoms with Crippen molar-refractivity contribution in [2.24, 2.45) is 10.9 Å². The molecule has 56 valence electrons. The summed E-state index contributed by atoms with van der Waals surface area (Å²) < 4.78 is 0. The Labute approximate surface area is 61.7 Å². The lowest BCUT2D eigenvalue weighted by Gasteiger charge is -2.19. The van der Waals surface area contributed by atoms with E-state index in [1.54, 1.807) is 0 Å². The van der Waals surface area contributed by atoms with Gasteiger partial charge in [-0.2, -0.15) is 0 Å². The molecule has 3 atom stereocenters. The monoisotopic (exact) mass is 138 g/mol. The summed E-state index contributed by atoms with van der Waals surface area (Å²) in [6, 6.07) is 1.36. The molecule has 2 aliphatic rings. The van der Waals surface area contributed by atoms with Crippen molar-refractivity contribution in [1.82, 2.24) is 5.32 Å². The Hall–Kier alpha value is -0.370. The molecule has 0 radical (unpaired) electrons. The fourth-order valence-corrected chi connectivity index (χ4v) is 2.18. The predicted octanol–water partition coefficient (Wildman–Crippen LogP) is 0.828. The third-order valence-electron chi connectivity index (χ3n) is 2.87. The molecular formula is C8H14N2. The first-order chi connectivity index (χ1) is 4.81. The fourth-order valence-electron chi connectivity index (χ4n) is 2.18. The van der Waals surface area contributed by atoms with Gasteiger partial charge in [0.1, 0.15) is 0 Å². The van der Waals surface area contributed by atoms with Crippen molar-refractivity contribution in [2.45, 2.75) is 31.8 Å². The van der Waals surface area contributed by atoms with Crippen molar-refractivity contribution in [3.05, 3.63) is 0 Å². The highest BCUT2D eigenvalue weighted by Gasteiger charge is 2.40. The number of fused-ring (bicyclic) bond motifs is 2. The molecule has 2 heteroatoms. The summed E-state index contributed by atoms with van der Waals surface area (Å²) in [6.07, 6.45) is 2.57. The Balaban J connectivity index is 2.16. The van der Waals surface area contributed by atoms with Gasteiger partial charge in [-0.15, -0.1) is 0 Å². The van der Waals surface area contributed by atoms with Crippen LogP contribution >= 0.6 is 0 Å². The number of rotatable bonds is 0. The third kappa shape index (κ3) is 0.717. The van der Waals surface area contributed by atoms with Crippen molar-refractivity contribution in [2.75, 3.05) is 7.05 Å². The molecule has 10 heavy (non-hydrogen) atoms. The number of piperidine rings is 1. The minimum absolute atomic E-state index is 0.630. The summed E-state index contributed by atoms with van der Waals surface area (Å²) in [6.45, 7) is 2.27. The fraction of sp³-hybridized carbons (Fsp3) is 0.875. The number of hydrogen-bond donors (Lipinski definition) is 1. The van der Waals surface area contributed by atoms with Crippen molar-refractivity contribution >= 4 is 5.71 Å². The summed E-state index contributed by atoms with van der Waals surface area (Å²) in [5, 5.41) is 3.52. The molecule has 0 aromatic heterocycles. The molecule has 1 aliphatic carbocycles. The Morgan fingerprint density at radius 3 is 2.80 bits per heavy atom. The second-order valence-electron chi connectivity index (χ2n) is 3.42. The Bertz CT molecular complexity index is 172. The molecule has 0 amide bonds. The molecule has 3 unspecified atom stereocenters. The minimum atomic E-state index is 0.630. The lowest BCUT2D eigenvalue weighted by molar-refractivity contribution is 0.483. The van der Waals surface area contributed by atoms with E-state index in [1.807, 2.05) is 7.05 Å². The molecule has 2 nitrogen and oxygen atoms in total. The highest BCUT2D eigenvalue weighted by atomic mass is 15.0. The van der Waals surface area contributed by atoms with Crippen LogP contribution in [-0.4, -0.2) is 24.8 Å². The predicted molar refractivity (Wildman–Crippen MR) is 42.5 cm³/mol. The molecule has 0 spiro atoms. The first-order valence-corrected chi connectivity index (χ1v) is 4.03. The number of hydrogen-bond acceptors (Lipinski definition) is 2. The highest BCUT2D eigenvalue weighted by molar-refractivity contribution is 5.92. The lowest BCUT2D eigenvalue weighted by atomic mass is 10.0. The molecule has 1 saturated carbocycles. The maximum absolute atomic E-state index is 4.26. The van der Waals surface area contributed by atoms with Crippen LogP contribution in [0.25, 0.3) is 0 Å². The zero-order valence-electron chi connectivity index (χ0n) is 6.59. The summed E-state index contributed by atoms with van der Waals surface area (Å²) in [4.78, 5) is 4.26. The normalized spacial score (nSPS) is 49.0. The van der Waals surface area contributed by atoms with E-state index >= 15 is 0 Å². The van der Waals surface area contributed by atoms with E-state index in [0.717, 1.165) is 12.0 Å². The zero-order valence-corrected chi connectivity index (χ0v) is 6.59. The van der Waals surface area contributed by atoms with Crippen molar-refractivity contribution in [1.29, 1.82) is 0 Å². The van der Waals surface area contributed by atoms with Crippen molar-refractivity contribution in [3.8, 4) is 0 Å². The van der Waals surface area contributed by atoms with E-state index < -0.39 is 0 Å². The lowest BCUT2D eigenvalue weighted by Crippen LogP contribution is -2.39. The minimum Gasteiger partial charge on any atom is -0.306 e. The van der Waals surface area contributed by atoms with E-state index in [0.29, 0.717) is 6.04 Å². The molecular weight excluding hydrogens is 124 g/mol. The standard InChI is InChI=1S/C8H14N2/c1-5-6-3-7(9-2)8(4-6)10-5/h5-6,8,10H,3-4H2,1-2H3. The molecule has 0 aromatic carbocycles. The van der Waals surface area contributed by atoms with Crippen LogP contribution in [-0.2, 0) is 0 Å². The Morgan fingerprint density at radius 1 is 1.60 bits per heavy atom. The van der Waals surface area contributed by atoms with Gasteiger partial charge in [0.05, 0.1) is 0 Å². The van der Waals surface area contributed by atoms with E-state index in [2.05, 4.69) is 17.2 Å². The molecule has 2 rings (SSSR count). The maximum Gasteiger partial charge on any atom is 0.0456 e. The summed E-state index contributed by atoms with van der Waals surface area (Å²) in [7, 11) is 1.91. The molecule has 1 N–H and O–H groups in total. The Kier molecular flexibility index (Phi) is 1.31. The Morgan fingerprint density at radius 2 is 2.40 bits per heavy atom. The SMILES string of the molecule is CN=C1CC2CC1NC2C. The smallest absolute Gasteiger partial charge is 0.0456 e. The second-order valence-corrected chi connectivity index (χ2v) is 3.42. The van der Waals surface area contributed by atoms with Crippen LogP contribution < -0.4 is 5.32 Å². The van der Waals surface area contributed by atoms with E-state index in [-0.39, 0.29) is 0 Å². The summed E-state index contributed by atoms with van der Waals surface area (Å²) >= 11 is 0. The quantitative estimate of drug-likeness (QED) is 0.526. The van der Waals surface area contributed by atoms with Crippen LogP contribution in [0.15, 0.2) is 4.99 Å². The van der Waals surface area contributed by atoms with Gasteiger partial charge < -0.3 is 5.32 Å². The number of nitrogens with one attached hydrogen (secondary N) is 1. The average Bonchev–Trinajstić information content (AvgIpc) is 2.44. The first-order valence-electron chi connectivity index (χ1n) is 4.03. The molecule has 1 saturated heterocycles. The van der Waals surface area contributed by atoms with E-state index in [4.69, 9.17) is 0 Å². The molecule has 2 fully saturated rings. The van der Waals surface area contributed by atoms with Gasteiger partial charge >= 0.3 is 0 Å². The van der Waals surface area contributed by atoms with Crippen molar-refractivity contribution in [3.63, 3.8) is 0 Å². The molecule has 1 aliphatic heterocycles. The van der Waals surface area contributed by atoms with Gasteiger partial charge in [0.25, 0.3) is 0 Å². The summed E-state index contributed by atoms with van der Waals surface area (Å²) in [5.41, 5.74) is 1.39. The van der Waals surface area contributed by atoms with Gasteiger partial charge in [-0.25, -0.2) is 0 Å². The van der Waals surface area contributed by atoms with Gasteiger partial charge in [-0.05, 0) is 25.7 Å². The van der Waals surface area contributed by atoms with Crippen LogP contribution in [0, 0.1) is 5.92 Å². The second kappa shape index (κ2) is 2.06. The maximum atomic E-state index is 4.26. The van der Waals surface area contributed by atoms with Gasteiger partial charge in [0, 0.05) is 24.8 Å². The van der Waals surface area contributed by atoms with Gasteiger partial charge in [-0.3, -0.25) is 4.99 Å². The third-order valence-corrected chi connectivity index (χ3v) is 2.87. The highest BCUT2D eigenvalue weighted by Crippen LogP contribution is 2.33. The average molecular weight is 138 g/mol. The van der Waals surface area contributed by atoms with E-state index in [1.165, 1.54) is 18.6 Å². The molecule has 0 aromatic rings. The number of aliphatic imine (C=N–C) groups is 1. The van der Waals surface area contributed by atoms with E-state index in [9.17, 15) is 0 Å². The summed E-state index contributed by atoms with van der Waals surface area (Å²) in [5.74, 6) is 0.878. The van der Waals surface area contributed by atoms with Crippen molar-refractivity contribution < 1.29 is 0 Å². The van der Waals surface area contributed by atoms with Crippen LogP contribution in [0.5, 0.6) is 0 Å². The van der Waals surface area contributed by atoms with Crippen LogP contribution in [0.1, 0.15) is 19.8 Å². The van der Waals surface area contributed by atoms with Gasteiger partial charge in [0.15, 0.2) is 0 Å². The zero-order chi connectivity index (χ0) is 7.14. The molecule has 1 heterocycles.